The number of allylic oxidation sites excluding steroid dienone is 10. The number of hydrogen-bond donors (Lipinski definition) is 14. The summed E-state index contributed by atoms with van der Waals surface area (Å²) in [5.41, 5.74) is 2.83. The molecular weight excluding hydrogens is 1740 g/mol. The molecule has 5 fully saturated rings. The van der Waals surface area contributed by atoms with Crippen molar-refractivity contribution in [2.75, 3.05) is 13.2 Å². The van der Waals surface area contributed by atoms with Gasteiger partial charge in [-0.3, -0.25) is 14.4 Å². The lowest BCUT2D eigenvalue weighted by Gasteiger charge is -2.23. The van der Waals surface area contributed by atoms with Gasteiger partial charge in [0.2, 0.25) is 5.91 Å². The molecule has 5 aliphatic rings. The van der Waals surface area contributed by atoms with E-state index in [-0.39, 0.29) is 89.3 Å². The molecular formula is C116H180F3NO17. The fraction of sp³-hybridized carbons (Fsp3) is 0.664. The molecule has 1 amide bonds. The summed E-state index contributed by atoms with van der Waals surface area (Å²) in [4.78, 5) is 35.8. The lowest BCUT2D eigenvalue weighted by Crippen LogP contribution is -2.25. The average Bonchev–Trinajstić information content (AvgIpc) is 1.76. The molecule has 772 valence electrons. The van der Waals surface area contributed by atoms with Crippen molar-refractivity contribution < 1.29 is 98.7 Å². The number of Topliss-reactive ketones (excluding diaryl/α,β-unsaturated/α-hetero) is 2. The largest absolute Gasteiger partial charge is 0.491 e. The Morgan fingerprint density at radius 1 is 0.365 bits per heavy atom. The van der Waals surface area contributed by atoms with Crippen molar-refractivity contribution in [3.8, 4) is 5.75 Å². The van der Waals surface area contributed by atoms with E-state index in [0.29, 0.717) is 121 Å². The molecule has 4 aromatic rings. The molecule has 21 heteroatoms. The Bertz CT molecular complexity index is 3940. The topological polar surface area (TPSA) is 335 Å². The van der Waals surface area contributed by atoms with Crippen LogP contribution >= 0.6 is 0 Å². The van der Waals surface area contributed by atoms with Gasteiger partial charge >= 0.3 is 6.18 Å². The maximum Gasteiger partial charge on any atom is 0.416 e. The highest BCUT2D eigenvalue weighted by Gasteiger charge is 2.45. The van der Waals surface area contributed by atoms with Crippen LogP contribution in [0.5, 0.6) is 5.75 Å². The smallest absolute Gasteiger partial charge is 0.416 e. The third-order valence-corrected chi connectivity index (χ3v) is 28.5. The van der Waals surface area contributed by atoms with E-state index >= 15 is 0 Å². The molecule has 23 atom stereocenters. The second-order valence-corrected chi connectivity index (χ2v) is 39.5. The van der Waals surface area contributed by atoms with Gasteiger partial charge in [0, 0.05) is 51.0 Å². The molecule has 0 spiro atoms. The van der Waals surface area contributed by atoms with Crippen LogP contribution in [0.2, 0.25) is 0 Å². The van der Waals surface area contributed by atoms with E-state index in [2.05, 4.69) is 101 Å². The third-order valence-electron chi connectivity index (χ3n) is 28.5. The molecule has 137 heavy (non-hydrogen) atoms. The number of carbonyl (C=O) groups excluding carboxylic acids is 3. The first-order chi connectivity index (χ1) is 66.0. The molecule has 9 rings (SSSR count). The summed E-state index contributed by atoms with van der Waals surface area (Å²) in [6, 6.07) is 34.9. The molecule has 0 unspecified atom stereocenters. The Hall–Kier alpha value is -6.80. The summed E-state index contributed by atoms with van der Waals surface area (Å²) in [6.45, 7) is 13.3. The number of aliphatic hydroxyl groups is 13. The molecule has 0 aliphatic heterocycles. The van der Waals surface area contributed by atoms with Crippen LogP contribution in [0.1, 0.15) is 333 Å². The summed E-state index contributed by atoms with van der Waals surface area (Å²) < 4.78 is 43.6. The first-order valence-corrected chi connectivity index (χ1v) is 53.1. The average molecular weight is 1920 g/mol. The summed E-state index contributed by atoms with van der Waals surface area (Å²) >= 11 is 0. The van der Waals surface area contributed by atoms with E-state index in [0.717, 1.165) is 134 Å². The number of carbonyl (C=O) groups is 3. The Morgan fingerprint density at radius 3 is 1.15 bits per heavy atom. The lowest BCUT2D eigenvalue weighted by molar-refractivity contribution is -0.137. The van der Waals surface area contributed by atoms with Crippen LogP contribution in [0.25, 0.3) is 0 Å². The zero-order chi connectivity index (χ0) is 100.0. The molecule has 5 aliphatic carbocycles. The second kappa shape index (κ2) is 71.6. The van der Waals surface area contributed by atoms with E-state index in [9.17, 15) is 93.9 Å². The highest BCUT2D eigenvalue weighted by atomic mass is 19.4. The fourth-order valence-electron chi connectivity index (χ4n) is 20.1. The van der Waals surface area contributed by atoms with Crippen LogP contribution < -0.4 is 10.1 Å². The van der Waals surface area contributed by atoms with E-state index in [4.69, 9.17) is 4.74 Å². The van der Waals surface area contributed by atoms with Gasteiger partial charge in [0.25, 0.3) is 0 Å². The molecule has 4 aromatic carbocycles. The number of aliphatic hydroxyl groups excluding tert-OH is 13. The number of unbranched alkanes of at least 4 members (excludes halogenated alkanes) is 13. The van der Waals surface area contributed by atoms with Gasteiger partial charge in [0.05, 0.1) is 84.9 Å². The summed E-state index contributed by atoms with van der Waals surface area (Å²) in [5, 5.41) is 137. The van der Waals surface area contributed by atoms with Crippen molar-refractivity contribution in [3.63, 3.8) is 0 Å². The number of hydrogen-bond acceptors (Lipinski definition) is 17. The molecule has 0 aromatic heterocycles. The predicted molar refractivity (Wildman–Crippen MR) is 546 cm³/mol. The fourth-order valence-corrected chi connectivity index (χ4v) is 20.1. The summed E-state index contributed by atoms with van der Waals surface area (Å²) in [6.07, 6.45) is 51.0. The Labute approximate surface area is 821 Å². The minimum absolute atomic E-state index is 0.0292. The first-order valence-electron chi connectivity index (χ1n) is 53.1. The Morgan fingerprint density at radius 2 is 0.730 bits per heavy atom. The van der Waals surface area contributed by atoms with Crippen LogP contribution in [0.3, 0.4) is 0 Å². The Balaban J connectivity index is 0.000000303. The van der Waals surface area contributed by atoms with Crippen molar-refractivity contribution in [3.05, 3.63) is 210 Å². The molecule has 5 saturated carbocycles. The van der Waals surface area contributed by atoms with Gasteiger partial charge in [-0.05, 0) is 268 Å². The molecule has 0 radical (unpaired) electrons. The third kappa shape index (κ3) is 49.6. The number of benzene rings is 4. The standard InChI is InChI=1S/C25H37NO4.C23H33F3O4.C23H36O3.C23H34O3.C22H40O3/c1-2-26-25(30)13-9-4-3-8-12-21-22(24(29)18-23(21)28)17-16-20(27)15-14-19-10-6-5-7-11-19;1-2-3-4-5-6-10-19-20(22(29)14-21(19)28)12-11-17(27)15-30-18-9-7-8-16(13-18)23(24,25)26;2*1-2-3-4-5-9-12-20-21(23(26)17-22(20)25)16-15-19(24)14-13-18-10-7-6-8-11-18;1-3-5-7-9-11-13-18(23)15-16-20-19(21(24)17-22(20)25)14-12-10-8-6-4-2/h3,5-8,10-11,16-17,20-24,27-29H,2,4,9,12-15,18H2,1H3,(H,26,30);5-9,13,17,19-22,27-29H,2-4,10-12,14-15H2,1H3;5-11,19-26H,2-4,12-17H2,1H3;5-11,20-23,25-26H,2-4,12-17H2,1H3;10,12,19-22,24-25H,3-9,11,13-17H2,1-2H3/b8-3-,17-16+;6-5-;2*9-5-;12-10-/t20-,21+,22+,23-,24+;17-,19-,20-,21+,22-;19-,20+,21+,22-,23+;20-,21-,22+,23-;19-,20-,21+,22-/m01011/s1. The number of alkyl halides is 3. The maximum atomic E-state index is 12.8. The quantitative estimate of drug-likeness (QED) is 0.0144. The van der Waals surface area contributed by atoms with Crippen LogP contribution in [0, 0.1) is 59.2 Å². The number of amides is 1. The van der Waals surface area contributed by atoms with Gasteiger partial charge in [-0.25, -0.2) is 0 Å². The number of halogens is 3. The van der Waals surface area contributed by atoms with E-state index in [1.807, 2.05) is 104 Å². The first kappa shape index (κ1) is 121. The van der Waals surface area contributed by atoms with Crippen LogP contribution in [0.15, 0.2) is 188 Å². The van der Waals surface area contributed by atoms with Crippen LogP contribution in [-0.4, -0.2) is 176 Å². The molecule has 0 saturated heterocycles. The summed E-state index contributed by atoms with van der Waals surface area (Å²) in [7, 11) is 0. The maximum absolute atomic E-state index is 12.8. The zero-order valence-electron chi connectivity index (χ0n) is 84.0. The van der Waals surface area contributed by atoms with Crippen molar-refractivity contribution in [2.24, 2.45) is 59.2 Å². The number of aryl methyl sites for hydroxylation is 3. The molecule has 0 bridgehead atoms. The molecule has 14 N–H and O–H groups in total. The van der Waals surface area contributed by atoms with E-state index in [1.165, 1.54) is 86.6 Å². The van der Waals surface area contributed by atoms with Gasteiger partial charge < -0.3 is 76.4 Å². The van der Waals surface area contributed by atoms with Gasteiger partial charge in [0.1, 0.15) is 23.9 Å². The van der Waals surface area contributed by atoms with Gasteiger partial charge in [0.15, 0.2) is 0 Å². The number of ether oxygens (including phenoxy) is 1. The Kier molecular flexibility index (Phi) is 63.1. The minimum atomic E-state index is -4.45. The van der Waals surface area contributed by atoms with Gasteiger partial charge in [-0.2, -0.15) is 13.2 Å². The van der Waals surface area contributed by atoms with Crippen molar-refractivity contribution in [1.29, 1.82) is 0 Å². The number of nitrogens with one attached hydrogen (secondary N) is 1. The van der Waals surface area contributed by atoms with Crippen molar-refractivity contribution in [2.45, 2.75) is 416 Å². The zero-order valence-corrected chi connectivity index (χ0v) is 84.0. The summed E-state index contributed by atoms with van der Waals surface area (Å²) in [5.74, 6) is 0.772. The highest BCUT2D eigenvalue weighted by molar-refractivity contribution is 5.79. The molecule has 0 heterocycles. The van der Waals surface area contributed by atoms with Gasteiger partial charge in [-0.1, -0.05) is 282 Å². The van der Waals surface area contributed by atoms with Crippen LogP contribution in [-0.2, 0) is 39.8 Å². The predicted octanol–water partition coefficient (Wildman–Crippen LogP) is 21.8. The number of rotatable bonds is 59. The SMILES string of the molecule is CCCC/C=C\C[C@@H]1[C@@H](CCC(=O)CCCCCCC)[C@H](O)C[C@@H]1O.CCCC/C=C\C[C@@H]1[C@@H](CCC(=O)CCc2ccccc2)[C@H](O)C[C@@H]1O.CCCC/C=C\C[C@@H]1[C@@H](CC[C@@H](O)CCc2ccccc2)[C@H](O)C[C@@H]1O.CCCC/C=C\C[C@@H]1[C@@H](CC[C@@H](O)COc2cccc(C(F)(F)F)c2)[C@H](O)C[C@@H]1O.CCNC(=O)CCC/C=C\C[C@@H]1[C@@H](/C=C/[C@@H](O)CCc2ccccc2)[C@H](O)C[C@@H]1O. The number of ketones is 2. The monoisotopic (exact) mass is 1920 g/mol. The van der Waals surface area contributed by atoms with Crippen molar-refractivity contribution in [1.82, 2.24) is 5.32 Å². The van der Waals surface area contributed by atoms with E-state index < -0.39 is 85.0 Å². The minimum Gasteiger partial charge on any atom is -0.491 e. The van der Waals surface area contributed by atoms with Crippen LogP contribution in [0.4, 0.5) is 13.2 Å². The lowest BCUT2D eigenvalue weighted by atomic mass is 9.85. The normalized spacial score (nSPS) is 26.1. The van der Waals surface area contributed by atoms with Gasteiger partial charge in [-0.15, -0.1) is 0 Å². The van der Waals surface area contributed by atoms with E-state index in [1.54, 1.807) is 6.08 Å². The van der Waals surface area contributed by atoms with Crippen molar-refractivity contribution >= 4 is 17.5 Å². The highest BCUT2D eigenvalue weighted by Crippen LogP contribution is 2.44. The molecule has 18 nitrogen and oxygen atoms in total. The second-order valence-electron chi connectivity index (χ2n) is 39.5.